The summed E-state index contributed by atoms with van der Waals surface area (Å²) in [4.78, 5) is 22.1. The van der Waals surface area contributed by atoms with Gasteiger partial charge in [-0.2, -0.15) is 17.6 Å². The summed E-state index contributed by atoms with van der Waals surface area (Å²) in [5.41, 5.74) is 1.96. The van der Waals surface area contributed by atoms with Crippen molar-refractivity contribution in [1.82, 2.24) is 29.9 Å². The molecule has 2 aromatic carbocycles. The zero-order valence-corrected chi connectivity index (χ0v) is 30.5. The Balaban J connectivity index is 0.000000400. The van der Waals surface area contributed by atoms with E-state index in [2.05, 4.69) is 39.4 Å². The van der Waals surface area contributed by atoms with Crippen molar-refractivity contribution in [3.05, 3.63) is 72.3 Å². The van der Waals surface area contributed by atoms with E-state index in [9.17, 15) is 26.0 Å². The second kappa shape index (κ2) is 18.8. The fraction of sp³-hybridized carbons (Fsp3) is 0.250. The Morgan fingerprint density at radius 1 is 0.698 bits per heavy atom. The van der Waals surface area contributed by atoms with Gasteiger partial charge in [0, 0.05) is 36.7 Å². The molecule has 0 saturated heterocycles. The van der Waals surface area contributed by atoms with Gasteiger partial charge in [0.1, 0.15) is 11.5 Å². The van der Waals surface area contributed by atoms with Gasteiger partial charge in [-0.15, -0.1) is 0 Å². The Hall–Kier alpha value is -4.73. The molecule has 0 fully saturated rings. The number of nitrogens with one attached hydrogen (secondary N) is 2. The van der Waals surface area contributed by atoms with Crippen molar-refractivity contribution in [2.75, 3.05) is 28.3 Å². The summed E-state index contributed by atoms with van der Waals surface area (Å²) in [6, 6.07) is 10.8. The van der Waals surface area contributed by atoms with Crippen LogP contribution in [-0.2, 0) is 33.1 Å². The molecule has 0 amide bonds. The van der Waals surface area contributed by atoms with Crippen molar-refractivity contribution in [3.63, 3.8) is 0 Å². The molecule has 0 saturated carbocycles. The van der Waals surface area contributed by atoms with Gasteiger partial charge in [0.15, 0.2) is 33.3 Å². The Morgan fingerprint density at radius 3 is 1.47 bits per heavy atom. The van der Waals surface area contributed by atoms with E-state index >= 15 is 0 Å². The summed E-state index contributed by atoms with van der Waals surface area (Å²) in [6.07, 6.45) is 2.62. The number of aromatic nitrogens is 6. The summed E-state index contributed by atoms with van der Waals surface area (Å²) < 4.78 is 147. The molecule has 53 heavy (non-hydrogen) atoms. The van der Waals surface area contributed by atoms with Crippen molar-refractivity contribution in [3.8, 4) is 34.5 Å². The summed E-state index contributed by atoms with van der Waals surface area (Å²) in [6.45, 7) is -5.93. The van der Waals surface area contributed by atoms with Gasteiger partial charge in [-0.05, 0) is 24.3 Å². The van der Waals surface area contributed by atoms with Gasteiger partial charge in [0.05, 0.1) is 103 Å². The number of fused-ring (bicyclic) bond motifs is 2. The molecule has 6 aromatic rings. The van der Waals surface area contributed by atoms with E-state index in [1.165, 1.54) is 75.1 Å². The van der Waals surface area contributed by atoms with Crippen LogP contribution in [0, 0.1) is 0 Å². The van der Waals surface area contributed by atoms with E-state index in [0.29, 0.717) is 22.1 Å². The third kappa shape index (κ3) is 10.2. The van der Waals surface area contributed by atoms with E-state index in [1.807, 2.05) is 0 Å². The van der Waals surface area contributed by atoms with Crippen LogP contribution in [-0.4, -0.2) is 103 Å². The van der Waals surface area contributed by atoms with Crippen LogP contribution in [0.25, 0.3) is 22.1 Å². The number of aromatic amines is 2. The standard InChI is InChI=1S/2C16H15F2N3O4S.Mg.2H/c2*1-23-13-5-6-19-12(14(13)24-2)8-26(22)16-20-10-4-3-9(25-15(17)18)7-11(10)21-16;;;/h2*3-7,15H,8H2,1-2H3,(H,20,21);;;/q;;+2;2*-1/t2*26-;;;/m00.../s1/i2*1D3;;;. The Labute approximate surface area is 331 Å². The topological polar surface area (TPSA) is 173 Å². The van der Waals surface area contributed by atoms with Gasteiger partial charge < -0.3 is 41.2 Å². The minimum absolute atomic E-state index is 0. The van der Waals surface area contributed by atoms with Gasteiger partial charge in [-0.3, -0.25) is 18.4 Å². The maximum Gasteiger partial charge on any atom is 2.00 e. The van der Waals surface area contributed by atoms with E-state index in [4.69, 9.17) is 27.2 Å². The molecular weight excluding hydrogens is 761 g/mol. The number of rotatable bonds is 14. The molecule has 4 aromatic heterocycles. The van der Waals surface area contributed by atoms with E-state index in [1.54, 1.807) is 0 Å². The molecule has 2 atom stereocenters. The molecule has 0 spiro atoms. The average Bonchev–Trinajstić information content (AvgIpc) is 3.75. The molecule has 6 rings (SSSR count). The quantitative estimate of drug-likeness (QED) is 0.103. The molecule has 0 aliphatic heterocycles. The first-order chi connectivity index (χ1) is 27.3. The second-order valence-electron chi connectivity index (χ2n) is 9.96. The smallest absolute Gasteiger partial charge is 1.00 e. The predicted molar refractivity (Wildman–Crippen MR) is 188 cm³/mol. The van der Waals surface area contributed by atoms with Gasteiger partial charge in [0.25, 0.3) is 0 Å². The minimum atomic E-state index is -2.97. The number of alkyl halides is 4. The van der Waals surface area contributed by atoms with Gasteiger partial charge >= 0.3 is 36.3 Å². The maximum absolute atomic E-state index is 12.7. The number of H-pyrrole nitrogens is 2. The SMILES string of the molecule is [2H]C([2H])([2H])Oc1ccnc(C[S@](=O)c2nc3ccc(OC(F)F)cc3[nH]2)c1OC.[2H]C([2H])([2H])Oc1ccnc(C[S@](=O)c2nc3ccc(OC(F)F)cc3[nH]2)c1OC.[H-].[H-].[Mg+2]. The number of hydrogen-bond donors (Lipinski definition) is 2. The molecule has 0 unspecified atom stereocenters. The molecule has 21 heteroatoms. The normalized spacial score (nSPS) is 14.3. The first kappa shape index (κ1) is 32.9. The van der Waals surface area contributed by atoms with Crippen LogP contribution in [0.4, 0.5) is 17.6 Å². The summed E-state index contributed by atoms with van der Waals surface area (Å²) >= 11 is 0. The third-order valence-electron chi connectivity index (χ3n) is 6.79. The van der Waals surface area contributed by atoms with E-state index in [-0.39, 0.29) is 93.6 Å². The summed E-state index contributed by atoms with van der Waals surface area (Å²) in [5.74, 6) is -0.469. The average molecular weight is 799 g/mol. The van der Waals surface area contributed by atoms with Crippen LogP contribution in [0.5, 0.6) is 34.5 Å². The van der Waals surface area contributed by atoms with Crippen molar-refractivity contribution >= 4 is 66.7 Å². The fourth-order valence-corrected chi connectivity index (χ4v) is 6.66. The molecule has 14 nitrogen and oxygen atoms in total. The summed E-state index contributed by atoms with van der Waals surface area (Å²) in [5, 5.41) is 0.167. The number of nitrogens with zero attached hydrogens (tertiary/aromatic N) is 4. The van der Waals surface area contributed by atoms with Gasteiger partial charge in [-0.25, -0.2) is 9.97 Å². The minimum Gasteiger partial charge on any atom is -1.00 e. The first-order valence-electron chi connectivity index (χ1n) is 17.4. The van der Waals surface area contributed by atoms with Gasteiger partial charge in [-0.1, -0.05) is 0 Å². The molecule has 0 bridgehead atoms. The zero-order valence-electron chi connectivity index (χ0n) is 35.4. The third-order valence-corrected chi connectivity index (χ3v) is 9.11. The number of halogens is 4. The molecule has 2 N–H and O–H groups in total. The molecule has 0 aliphatic rings. The van der Waals surface area contributed by atoms with Crippen LogP contribution in [0.15, 0.2) is 71.2 Å². The molecule has 4 heterocycles. The molecule has 0 aliphatic carbocycles. The number of benzene rings is 2. The Morgan fingerprint density at radius 2 is 1.11 bits per heavy atom. The molecule has 280 valence electrons. The summed E-state index contributed by atoms with van der Waals surface area (Å²) in [7, 11) is -6.22. The number of ether oxygens (including phenoxy) is 6. The van der Waals surface area contributed by atoms with E-state index in [0.717, 1.165) is 0 Å². The molecular formula is C32H32F4MgN6O8S2. The monoisotopic (exact) mass is 798 g/mol. The zero-order chi connectivity index (χ0) is 42.4. The van der Waals surface area contributed by atoms with Crippen molar-refractivity contribution < 1.29 is 65.5 Å². The van der Waals surface area contributed by atoms with Crippen LogP contribution < -0.4 is 28.4 Å². The number of pyridine rings is 2. The van der Waals surface area contributed by atoms with Crippen molar-refractivity contribution in [1.29, 1.82) is 0 Å². The first-order valence-corrected chi connectivity index (χ1v) is 17.0. The van der Waals surface area contributed by atoms with E-state index < -0.39 is 48.9 Å². The largest absolute Gasteiger partial charge is 2.00 e. The number of methoxy groups -OCH3 is 4. The van der Waals surface area contributed by atoms with Crippen molar-refractivity contribution in [2.45, 2.75) is 35.0 Å². The van der Waals surface area contributed by atoms with Crippen LogP contribution >= 0.6 is 0 Å². The van der Waals surface area contributed by atoms with Gasteiger partial charge in [0.2, 0.25) is 0 Å². The van der Waals surface area contributed by atoms with Crippen LogP contribution in [0.2, 0.25) is 0 Å². The molecule has 0 radical (unpaired) electrons. The second-order valence-corrected chi connectivity index (χ2v) is 12.7. The van der Waals surface area contributed by atoms with Crippen molar-refractivity contribution in [2.24, 2.45) is 0 Å². The number of hydrogen-bond acceptors (Lipinski definition) is 12. The maximum atomic E-state index is 12.7. The number of imidazole rings is 2. The Kier molecular flexibility index (Phi) is 11.7. The fourth-order valence-electron chi connectivity index (χ4n) is 4.63. The predicted octanol–water partition coefficient (Wildman–Crippen LogP) is 5.61. The van der Waals surface area contributed by atoms with Crippen LogP contribution in [0.3, 0.4) is 0 Å². The van der Waals surface area contributed by atoms with Crippen LogP contribution in [0.1, 0.15) is 22.5 Å². The Bertz CT molecular complexity index is 2270.